The Morgan fingerprint density at radius 3 is 2.54 bits per heavy atom. The number of hydrogen-bond acceptors (Lipinski definition) is 6. The summed E-state index contributed by atoms with van der Waals surface area (Å²) >= 11 is 3.41. The molecule has 0 saturated heterocycles. The minimum absolute atomic E-state index is 0.154. The van der Waals surface area contributed by atoms with Crippen molar-refractivity contribution in [2.75, 3.05) is 0 Å². The van der Waals surface area contributed by atoms with Crippen LogP contribution in [0.5, 0.6) is 5.75 Å². The first-order valence-corrected chi connectivity index (χ1v) is 13.8. The van der Waals surface area contributed by atoms with Gasteiger partial charge in [0.25, 0.3) is 5.91 Å². The molecular weight excluding hydrogens is 498 g/mol. The highest BCUT2D eigenvalue weighted by molar-refractivity contribution is 8.00. The second-order valence-corrected chi connectivity index (χ2v) is 10.9. The predicted octanol–water partition coefficient (Wildman–Crippen LogP) is 7.25. The van der Waals surface area contributed by atoms with Crippen LogP contribution in [0.4, 0.5) is 0 Å². The molecule has 37 heavy (non-hydrogen) atoms. The number of amides is 1. The summed E-state index contributed by atoms with van der Waals surface area (Å²) in [5, 5.41) is 4.52. The Bertz CT molecular complexity index is 1550. The Kier molecular flexibility index (Phi) is 6.71. The molecule has 6 rings (SSSR count). The molecule has 0 radical (unpaired) electrons. The monoisotopic (exact) mass is 521 g/mol. The molecule has 0 spiro atoms. The van der Waals surface area contributed by atoms with Crippen molar-refractivity contribution in [3.05, 3.63) is 125 Å². The van der Waals surface area contributed by atoms with Crippen LogP contribution >= 0.6 is 23.1 Å². The Balaban J connectivity index is 1.13. The molecule has 1 N–H and O–H groups in total. The maximum atomic E-state index is 12.9. The van der Waals surface area contributed by atoms with Gasteiger partial charge in [0.05, 0.1) is 15.9 Å². The van der Waals surface area contributed by atoms with Gasteiger partial charge in [0.1, 0.15) is 11.9 Å². The van der Waals surface area contributed by atoms with Gasteiger partial charge < -0.3 is 4.74 Å². The molecule has 0 fully saturated rings. The number of nitrogens with one attached hydrogen (secondary N) is 1. The highest BCUT2D eigenvalue weighted by Gasteiger charge is 2.26. The largest absolute Gasteiger partial charge is 0.485 e. The van der Waals surface area contributed by atoms with Crippen LogP contribution < -0.4 is 10.2 Å². The van der Waals surface area contributed by atoms with Crippen molar-refractivity contribution >= 4 is 44.9 Å². The van der Waals surface area contributed by atoms with Crippen LogP contribution in [0, 0.1) is 0 Å². The van der Waals surface area contributed by atoms with Crippen molar-refractivity contribution in [1.29, 1.82) is 0 Å². The highest BCUT2D eigenvalue weighted by Crippen LogP contribution is 2.35. The van der Waals surface area contributed by atoms with Crippen LogP contribution in [0.15, 0.2) is 113 Å². The average Bonchev–Trinajstić information content (AvgIpc) is 3.38. The molecule has 182 valence electrons. The van der Waals surface area contributed by atoms with Gasteiger partial charge in [0.15, 0.2) is 4.34 Å². The molecule has 7 heteroatoms. The fourth-order valence-corrected chi connectivity index (χ4v) is 6.27. The van der Waals surface area contributed by atoms with Crippen molar-refractivity contribution in [3.63, 3.8) is 0 Å². The van der Waals surface area contributed by atoms with Gasteiger partial charge in [0.2, 0.25) is 0 Å². The number of hydrogen-bond donors (Lipinski definition) is 1. The van der Waals surface area contributed by atoms with Gasteiger partial charge in [-0.25, -0.2) is 10.4 Å². The zero-order chi connectivity index (χ0) is 25.0. The molecule has 1 amide bonds. The molecule has 1 aromatic heterocycles. The summed E-state index contributed by atoms with van der Waals surface area (Å²) in [5.74, 6) is 1.32. The van der Waals surface area contributed by atoms with E-state index in [9.17, 15) is 4.79 Å². The molecule has 4 aromatic carbocycles. The number of thioether (sulfide) groups is 1. The van der Waals surface area contributed by atoms with Gasteiger partial charge >= 0.3 is 0 Å². The number of ether oxygens (including phenoxy) is 1. The van der Waals surface area contributed by atoms with Crippen LogP contribution in [0.2, 0.25) is 0 Å². The number of thiazole rings is 1. The lowest BCUT2D eigenvalue weighted by molar-refractivity contribution is 0.0954. The second kappa shape index (κ2) is 10.6. The summed E-state index contributed by atoms with van der Waals surface area (Å²) in [5.41, 5.74) is 8.27. The lowest BCUT2D eigenvalue weighted by Crippen LogP contribution is -2.25. The van der Waals surface area contributed by atoms with Gasteiger partial charge in [-0.1, -0.05) is 78.5 Å². The first-order chi connectivity index (χ1) is 18.2. The van der Waals surface area contributed by atoms with E-state index >= 15 is 0 Å². The first-order valence-electron chi connectivity index (χ1n) is 12.0. The lowest BCUT2D eigenvalue weighted by Gasteiger charge is -2.27. The fourth-order valence-electron chi connectivity index (χ4n) is 4.24. The van der Waals surface area contributed by atoms with Gasteiger partial charge in [-0.15, -0.1) is 11.3 Å². The smallest absolute Gasteiger partial charge is 0.271 e. The zero-order valence-corrected chi connectivity index (χ0v) is 21.5. The average molecular weight is 522 g/mol. The molecule has 5 aromatic rings. The van der Waals surface area contributed by atoms with Gasteiger partial charge in [-0.05, 0) is 47.5 Å². The molecule has 0 bridgehead atoms. The number of hydrazone groups is 1. The Morgan fingerprint density at radius 1 is 0.946 bits per heavy atom. The van der Waals surface area contributed by atoms with Crippen molar-refractivity contribution < 1.29 is 9.53 Å². The topological polar surface area (TPSA) is 63.6 Å². The van der Waals surface area contributed by atoms with E-state index in [-0.39, 0.29) is 12.0 Å². The van der Waals surface area contributed by atoms with Gasteiger partial charge in [0, 0.05) is 23.3 Å². The summed E-state index contributed by atoms with van der Waals surface area (Å²) in [6, 6.07) is 33.7. The summed E-state index contributed by atoms with van der Waals surface area (Å²) in [7, 11) is 0. The standard InChI is InChI=1S/C30H23N3O2S2/c34-29(22-16-14-20(15-17-22)19-36-30-31-24-11-5-7-13-28(24)37-30)33-32-25-18-27(21-8-2-1-3-9-21)35-26-12-6-4-10-23(25)26/h1-17,27H,18-19H2,(H,33,34)/b32-25-. The van der Waals surface area contributed by atoms with Gasteiger partial charge in [-0.3, -0.25) is 4.79 Å². The molecule has 1 aliphatic heterocycles. The Hall–Kier alpha value is -3.94. The molecule has 1 unspecified atom stereocenters. The van der Waals surface area contributed by atoms with Crippen LogP contribution in [0.3, 0.4) is 0 Å². The molecule has 0 saturated carbocycles. The molecule has 5 nitrogen and oxygen atoms in total. The van der Waals surface area contributed by atoms with Crippen molar-refractivity contribution in [2.45, 2.75) is 22.6 Å². The lowest BCUT2D eigenvalue weighted by atomic mass is 9.96. The Morgan fingerprint density at radius 2 is 1.70 bits per heavy atom. The van der Waals surface area contributed by atoms with E-state index < -0.39 is 0 Å². The van der Waals surface area contributed by atoms with Crippen LogP contribution in [-0.2, 0) is 5.75 Å². The molecule has 2 heterocycles. The van der Waals surface area contributed by atoms with Crippen LogP contribution in [0.25, 0.3) is 10.2 Å². The molecule has 0 aliphatic carbocycles. The number of carbonyl (C=O) groups is 1. The third-order valence-corrected chi connectivity index (χ3v) is 8.41. The third-order valence-electron chi connectivity index (χ3n) is 6.16. The normalized spacial score (nSPS) is 15.8. The van der Waals surface area contributed by atoms with E-state index in [2.05, 4.69) is 21.6 Å². The predicted molar refractivity (Wildman–Crippen MR) is 150 cm³/mol. The van der Waals surface area contributed by atoms with Gasteiger partial charge in [-0.2, -0.15) is 5.10 Å². The number of nitrogens with zero attached hydrogens (tertiary/aromatic N) is 2. The van der Waals surface area contributed by atoms with E-state index in [1.54, 1.807) is 23.1 Å². The number of para-hydroxylation sites is 2. The maximum Gasteiger partial charge on any atom is 0.271 e. The SMILES string of the molecule is O=C(N/N=C1/CC(c2ccccc2)Oc2ccccc21)c1ccc(CSc2nc3ccccc3s2)cc1. The van der Waals surface area contributed by atoms with Crippen molar-refractivity contribution in [2.24, 2.45) is 5.10 Å². The maximum absolute atomic E-state index is 12.9. The van der Waals surface area contributed by atoms with E-state index in [0.29, 0.717) is 12.0 Å². The summed E-state index contributed by atoms with van der Waals surface area (Å²) in [6.07, 6.45) is 0.419. The highest BCUT2D eigenvalue weighted by atomic mass is 32.2. The fraction of sp³-hybridized carbons (Fsp3) is 0.100. The minimum Gasteiger partial charge on any atom is -0.485 e. The molecule has 1 aliphatic rings. The number of rotatable bonds is 6. The first kappa shape index (κ1) is 23.5. The molecule has 1 atom stereocenters. The van der Waals surface area contributed by atoms with Crippen molar-refractivity contribution in [3.8, 4) is 5.75 Å². The van der Waals surface area contributed by atoms with E-state index in [1.165, 1.54) is 4.70 Å². The number of carbonyl (C=O) groups excluding carboxylic acids is 1. The third kappa shape index (κ3) is 5.28. The minimum atomic E-state index is -0.238. The number of fused-ring (bicyclic) bond motifs is 2. The number of aromatic nitrogens is 1. The van der Waals surface area contributed by atoms with Crippen molar-refractivity contribution in [1.82, 2.24) is 10.4 Å². The zero-order valence-electron chi connectivity index (χ0n) is 19.8. The quantitative estimate of drug-likeness (QED) is 0.189. The number of benzene rings is 4. The van der Waals surface area contributed by atoms with E-state index in [4.69, 9.17) is 4.74 Å². The molecular formula is C30H23N3O2S2. The van der Waals surface area contributed by atoms with E-state index in [0.717, 1.165) is 43.8 Å². The summed E-state index contributed by atoms with van der Waals surface area (Å²) in [4.78, 5) is 17.6. The van der Waals surface area contributed by atoms with Crippen LogP contribution in [-0.4, -0.2) is 16.6 Å². The second-order valence-electron chi connectivity index (χ2n) is 8.65. The summed E-state index contributed by atoms with van der Waals surface area (Å²) in [6.45, 7) is 0. The summed E-state index contributed by atoms with van der Waals surface area (Å²) < 4.78 is 8.47. The Labute approximate surface area is 223 Å². The van der Waals surface area contributed by atoms with E-state index in [1.807, 2.05) is 97.1 Å². The van der Waals surface area contributed by atoms with Crippen LogP contribution in [0.1, 0.15) is 39.6 Å².